The van der Waals surface area contributed by atoms with Gasteiger partial charge in [-0.25, -0.2) is 4.68 Å². The molecule has 2 rings (SSSR count). The summed E-state index contributed by atoms with van der Waals surface area (Å²) in [6.07, 6.45) is 7.16. The van der Waals surface area contributed by atoms with Crippen molar-refractivity contribution >= 4 is 11.6 Å². The molecule has 0 saturated heterocycles. The van der Waals surface area contributed by atoms with Crippen LogP contribution in [0, 0.1) is 0 Å². The summed E-state index contributed by atoms with van der Waals surface area (Å²) in [5.41, 5.74) is 2.79. The largest absolute Gasteiger partial charge is 0.333 e. The van der Waals surface area contributed by atoms with Crippen LogP contribution in [0.1, 0.15) is 57.6 Å². The van der Waals surface area contributed by atoms with E-state index in [9.17, 15) is 8.78 Å². The fourth-order valence-corrected chi connectivity index (χ4v) is 3.05. The highest BCUT2D eigenvalue weighted by atomic mass is 35.5. The normalized spacial score (nSPS) is 11.6. The molecule has 0 aliphatic carbocycles. The Morgan fingerprint density at radius 1 is 1.18 bits per heavy atom. The van der Waals surface area contributed by atoms with Crippen molar-refractivity contribution in [3.63, 3.8) is 0 Å². The van der Waals surface area contributed by atoms with E-state index in [2.05, 4.69) is 18.9 Å². The number of alkyl halides is 2. The molecule has 0 atom stereocenters. The fraction of sp³-hybridized carbons (Fsp3) is 0.471. The third kappa shape index (κ3) is 3.86. The van der Waals surface area contributed by atoms with E-state index in [1.54, 1.807) is 6.07 Å². The molecule has 0 spiro atoms. The number of hydrogen-bond acceptors (Lipinski definition) is 1. The summed E-state index contributed by atoms with van der Waals surface area (Å²) in [5, 5.41) is 4.42. The van der Waals surface area contributed by atoms with Crippen molar-refractivity contribution in [1.82, 2.24) is 9.78 Å². The minimum absolute atomic E-state index is 0.388. The topological polar surface area (TPSA) is 17.8 Å². The Kier molecular flexibility index (Phi) is 5.95. The van der Waals surface area contributed by atoms with Gasteiger partial charge in [0.25, 0.3) is 0 Å². The number of rotatable bonds is 7. The molecule has 0 aliphatic heterocycles. The van der Waals surface area contributed by atoms with Crippen molar-refractivity contribution in [1.29, 1.82) is 0 Å². The summed E-state index contributed by atoms with van der Waals surface area (Å²) in [4.78, 5) is 0. The van der Waals surface area contributed by atoms with Crippen molar-refractivity contribution in [2.24, 2.45) is 0 Å². The van der Waals surface area contributed by atoms with Crippen LogP contribution in [0.3, 0.4) is 0 Å². The number of hydrogen-bond donors (Lipinski definition) is 0. The summed E-state index contributed by atoms with van der Waals surface area (Å²) in [7, 11) is 0. The van der Waals surface area contributed by atoms with Crippen molar-refractivity contribution in [3.8, 4) is 11.1 Å². The van der Waals surface area contributed by atoms with Crippen LogP contribution in [0.2, 0.25) is 5.02 Å². The van der Waals surface area contributed by atoms with E-state index in [0.29, 0.717) is 21.2 Å². The van der Waals surface area contributed by atoms with Crippen molar-refractivity contribution in [3.05, 3.63) is 41.2 Å². The molecule has 0 aliphatic rings. The van der Waals surface area contributed by atoms with Crippen LogP contribution in [-0.4, -0.2) is 9.78 Å². The predicted octanol–water partition coefficient (Wildman–Crippen LogP) is 6.28. The van der Waals surface area contributed by atoms with Crippen LogP contribution in [0.5, 0.6) is 0 Å². The Hall–Kier alpha value is -1.42. The first-order valence-electron chi connectivity index (χ1n) is 7.68. The standard InChI is InChI=1S/C17H21ClF2N2/c1-3-5-12(6-4-2)16-9-14(18)7-8-15(16)13-10-21-22(11-13)17(19)20/h7-12,17H,3-6H2,1-2H3. The van der Waals surface area contributed by atoms with Gasteiger partial charge >= 0.3 is 6.55 Å². The van der Waals surface area contributed by atoms with Gasteiger partial charge < -0.3 is 0 Å². The summed E-state index contributed by atoms with van der Waals surface area (Å²) in [6.45, 7) is 1.69. The summed E-state index contributed by atoms with van der Waals surface area (Å²) >= 11 is 6.16. The zero-order valence-electron chi connectivity index (χ0n) is 12.9. The van der Waals surface area contributed by atoms with Crippen LogP contribution in [0.15, 0.2) is 30.6 Å². The van der Waals surface area contributed by atoms with E-state index in [1.165, 1.54) is 12.4 Å². The fourth-order valence-electron chi connectivity index (χ4n) is 2.87. The van der Waals surface area contributed by atoms with Gasteiger partial charge in [-0.3, -0.25) is 0 Å². The second-order valence-electron chi connectivity index (χ2n) is 5.49. The van der Waals surface area contributed by atoms with Gasteiger partial charge in [0.1, 0.15) is 0 Å². The van der Waals surface area contributed by atoms with Crippen LogP contribution in [0.25, 0.3) is 11.1 Å². The van der Waals surface area contributed by atoms with Gasteiger partial charge in [-0.05, 0) is 42.0 Å². The maximum Gasteiger partial charge on any atom is 0.333 e. The van der Waals surface area contributed by atoms with Gasteiger partial charge in [0.2, 0.25) is 0 Å². The van der Waals surface area contributed by atoms with Gasteiger partial charge in [-0.1, -0.05) is 44.4 Å². The Balaban J connectivity index is 2.45. The minimum Gasteiger partial charge on any atom is -0.211 e. The highest BCUT2D eigenvalue weighted by Gasteiger charge is 2.17. The smallest absolute Gasteiger partial charge is 0.211 e. The molecule has 2 nitrogen and oxygen atoms in total. The van der Waals surface area contributed by atoms with Crippen molar-refractivity contribution < 1.29 is 8.78 Å². The monoisotopic (exact) mass is 326 g/mol. The highest BCUT2D eigenvalue weighted by Crippen LogP contribution is 2.36. The SMILES string of the molecule is CCCC(CCC)c1cc(Cl)ccc1-c1cnn(C(F)F)c1. The molecule has 0 saturated carbocycles. The molecular formula is C17H21ClF2N2. The number of halogens is 3. The lowest BCUT2D eigenvalue weighted by molar-refractivity contribution is 0.0566. The first-order chi connectivity index (χ1) is 10.6. The third-order valence-electron chi connectivity index (χ3n) is 3.84. The van der Waals surface area contributed by atoms with Gasteiger partial charge in [0.05, 0.1) is 6.20 Å². The van der Waals surface area contributed by atoms with E-state index in [0.717, 1.165) is 36.8 Å². The lowest BCUT2D eigenvalue weighted by Gasteiger charge is -2.19. The molecule has 2 aromatic rings. The molecule has 0 unspecified atom stereocenters. The van der Waals surface area contributed by atoms with Crippen molar-refractivity contribution in [2.45, 2.75) is 52.0 Å². The average Bonchev–Trinajstić information content (AvgIpc) is 2.97. The minimum atomic E-state index is -2.62. The van der Waals surface area contributed by atoms with Gasteiger partial charge in [-0.2, -0.15) is 13.9 Å². The van der Waals surface area contributed by atoms with E-state index >= 15 is 0 Å². The average molecular weight is 327 g/mol. The summed E-state index contributed by atoms with van der Waals surface area (Å²) < 4.78 is 26.2. The van der Waals surface area contributed by atoms with Crippen LogP contribution in [-0.2, 0) is 0 Å². The maximum atomic E-state index is 12.7. The molecule has 0 fully saturated rings. The molecule has 0 N–H and O–H groups in total. The second-order valence-corrected chi connectivity index (χ2v) is 5.93. The number of nitrogens with zero attached hydrogens (tertiary/aromatic N) is 2. The molecule has 5 heteroatoms. The first-order valence-corrected chi connectivity index (χ1v) is 8.06. The molecular weight excluding hydrogens is 306 g/mol. The van der Waals surface area contributed by atoms with Crippen LogP contribution >= 0.6 is 11.6 Å². The molecule has 0 bridgehead atoms. The Labute approximate surface area is 135 Å². The zero-order valence-corrected chi connectivity index (χ0v) is 13.7. The lowest BCUT2D eigenvalue weighted by atomic mass is 9.86. The number of benzene rings is 1. The van der Waals surface area contributed by atoms with Crippen molar-refractivity contribution in [2.75, 3.05) is 0 Å². The zero-order chi connectivity index (χ0) is 16.1. The number of aromatic nitrogens is 2. The van der Waals surface area contributed by atoms with Crippen LogP contribution in [0.4, 0.5) is 8.78 Å². The van der Waals surface area contributed by atoms with Gasteiger partial charge in [0.15, 0.2) is 0 Å². The summed E-state index contributed by atoms with van der Waals surface area (Å²) in [6, 6.07) is 5.67. The molecule has 22 heavy (non-hydrogen) atoms. The molecule has 1 heterocycles. The molecule has 0 amide bonds. The third-order valence-corrected chi connectivity index (χ3v) is 4.08. The lowest BCUT2D eigenvalue weighted by Crippen LogP contribution is -2.01. The van der Waals surface area contributed by atoms with E-state index in [-0.39, 0.29) is 0 Å². The van der Waals surface area contributed by atoms with Gasteiger partial charge in [0, 0.05) is 16.8 Å². The summed E-state index contributed by atoms with van der Waals surface area (Å²) in [5.74, 6) is 0.388. The Morgan fingerprint density at radius 2 is 1.86 bits per heavy atom. The first kappa shape index (κ1) is 16.9. The van der Waals surface area contributed by atoms with E-state index < -0.39 is 6.55 Å². The molecule has 0 radical (unpaired) electrons. The second kappa shape index (κ2) is 7.73. The van der Waals surface area contributed by atoms with E-state index in [1.807, 2.05) is 12.1 Å². The van der Waals surface area contributed by atoms with E-state index in [4.69, 9.17) is 11.6 Å². The quantitative estimate of drug-likeness (QED) is 0.585. The van der Waals surface area contributed by atoms with Crippen LogP contribution < -0.4 is 0 Å². The molecule has 120 valence electrons. The highest BCUT2D eigenvalue weighted by molar-refractivity contribution is 6.30. The molecule has 1 aromatic heterocycles. The van der Waals surface area contributed by atoms with Gasteiger partial charge in [-0.15, -0.1) is 0 Å². The predicted molar refractivity (Wildman–Crippen MR) is 86.5 cm³/mol. The Bertz CT molecular complexity index is 604. The Morgan fingerprint density at radius 3 is 2.41 bits per heavy atom. The maximum absolute atomic E-state index is 12.7. The molecule has 1 aromatic carbocycles.